The standard InChI is InChI=1S/C29H50O11S5/c1-18(41)6-24(30)36-12-23(13-37-25(31)7-19(2)42)11-35-14-29(15-38-26(32)8-20(3)43,16-39-27(33)9-21(4)44)17-40-28(34)10-22(5)45/h18-23,41-45H,6-17H2,1-5H3. The molecule has 0 fully saturated rings. The van der Waals surface area contributed by atoms with Crippen LogP contribution in [0.5, 0.6) is 0 Å². The van der Waals surface area contributed by atoms with E-state index in [4.69, 9.17) is 28.4 Å². The summed E-state index contributed by atoms with van der Waals surface area (Å²) in [7, 11) is 0. The summed E-state index contributed by atoms with van der Waals surface area (Å²) in [6.45, 7) is 7.26. The van der Waals surface area contributed by atoms with Crippen LogP contribution in [0.15, 0.2) is 0 Å². The summed E-state index contributed by atoms with van der Waals surface area (Å²) < 4.78 is 33.2. The third kappa shape index (κ3) is 24.8. The molecule has 0 saturated heterocycles. The van der Waals surface area contributed by atoms with Crippen molar-refractivity contribution in [2.75, 3.05) is 46.2 Å². The Hall–Kier alpha value is -0.940. The van der Waals surface area contributed by atoms with Gasteiger partial charge < -0.3 is 28.4 Å². The molecule has 0 aromatic carbocycles. The first-order valence-electron chi connectivity index (χ1n) is 14.7. The van der Waals surface area contributed by atoms with Crippen LogP contribution in [0.1, 0.15) is 66.7 Å². The average Bonchev–Trinajstić information content (AvgIpc) is 2.88. The molecule has 5 unspecified atom stereocenters. The van der Waals surface area contributed by atoms with Crippen LogP contribution in [-0.4, -0.2) is 102 Å². The molecule has 0 aromatic rings. The molecule has 5 atom stereocenters. The maximum absolute atomic E-state index is 12.4. The predicted molar refractivity (Wildman–Crippen MR) is 187 cm³/mol. The molecule has 262 valence electrons. The maximum Gasteiger partial charge on any atom is 0.306 e. The highest BCUT2D eigenvalue weighted by Gasteiger charge is 2.37. The highest BCUT2D eigenvalue weighted by atomic mass is 32.1. The zero-order valence-electron chi connectivity index (χ0n) is 26.7. The second kappa shape index (κ2) is 24.2. The number of hydrogen-bond acceptors (Lipinski definition) is 16. The van der Waals surface area contributed by atoms with Gasteiger partial charge in [-0.25, -0.2) is 0 Å². The zero-order valence-corrected chi connectivity index (χ0v) is 31.1. The quantitative estimate of drug-likeness (QED) is 0.0561. The molecule has 0 aliphatic heterocycles. The number of ether oxygens (including phenoxy) is 6. The summed E-state index contributed by atoms with van der Waals surface area (Å²) >= 11 is 21.1. The lowest BCUT2D eigenvalue weighted by atomic mass is 9.92. The minimum absolute atomic E-state index is 0.0164. The average molecular weight is 735 g/mol. The van der Waals surface area contributed by atoms with Crippen LogP contribution in [0.4, 0.5) is 0 Å². The van der Waals surface area contributed by atoms with Gasteiger partial charge in [0.05, 0.1) is 69.9 Å². The first-order chi connectivity index (χ1) is 20.9. The second-order valence-corrected chi connectivity index (χ2v) is 15.9. The number of hydrogen-bond donors (Lipinski definition) is 5. The molecule has 0 bridgehead atoms. The van der Waals surface area contributed by atoms with Gasteiger partial charge in [0.2, 0.25) is 0 Å². The number of thiol groups is 5. The Bertz CT molecular complexity index is 822. The fourth-order valence-electron chi connectivity index (χ4n) is 3.46. The molecule has 0 radical (unpaired) electrons. The molecular weight excluding hydrogens is 685 g/mol. The Kier molecular flexibility index (Phi) is 23.7. The van der Waals surface area contributed by atoms with Gasteiger partial charge in [-0.15, -0.1) is 0 Å². The fraction of sp³-hybridized carbons (Fsp3) is 0.828. The van der Waals surface area contributed by atoms with Crippen molar-refractivity contribution in [1.29, 1.82) is 0 Å². The van der Waals surface area contributed by atoms with Gasteiger partial charge in [0.25, 0.3) is 0 Å². The van der Waals surface area contributed by atoms with Crippen molar-refractivity contribution < 1.29 is 52.4 Å². The van der Waals surface area contributed by atoms with E-state index in [9.17, 15) is 24.0 Å². The molecule has 0 saturated carbocycles. The SMILES string of the molecule is CC(S)CC(=O)OCC(COCC(COC(=O)CC(C)S)(COC(=O)CC(C)S)COC(=O)CC(C)S)COC(=O)CC(C)S. The molecule has 0 heterocycles. The van der Waals surface area contributed by atoms with Crippen LogP contribution in [0, 0.1) is 11.3 Å². The van der Waals surface area contributed by atoms with Gasteiger partial charge in [0, 0.05) is 26.2 Å². The molecule has 0 aliphatic rings. The summed E-state index contributed by atoms with van der Waals surface area (Å²) in [6.07, 6.45) is 0.215. The predicted octanol–water partition coefficient (Wildman–Crippen LogP) is 3.86. The van der Waals surface area contributed by atoms with Gasteiger partial charge in [-0.3, -0.25) is 24.0 Å². The minimum Gasteiger partial charge on any atom is -0.465 e. The minimum atomic E-state index is -1.30. The van der Waals surface area contributed by atoms with Crippen LogP contribution in [0.25, 0.3) is 0 Å². The normalized spacial score (nSPS) is 16.6. The van der Waals surface area contributed by atoms with Gasteiger partial charge in [0.15, 0.2) is 0 Å². The number of rotatable bonds is 24. The van der Waals surface area contributed by atoms with E-state index in [0.29, 0.717) is 0 Å². The molecular formula is C29H50O11S5. The molecule has 11 nitrogen and oxygen atoms in total. The molecule has 0 rings (SSSR count). The maximum atomic E-state index is 12.4. The smallest absolute Gasteiger partial charge is 0.306 e. The van der Waals surface area contributed by atoms with Gasteiger partial charge in [0.1, 0.15) is 19.8 Å². The van der Waals surface area contributed by atoms with E-state index in [0.717, 1.165) is 0 Å². The highest BCUT2D eigenvalue weighted by molar-refractivity contribution is 7.81. The van der Waals surface area contributed by atoms with Crippen molar-refractivity contribution >= 4 is 93.0 Å². The Balaban J connectivity index is 5.95. The monoisotopic (exact) mass is 734 g/mol. The molecule has 16 heteroatoms. The summed E-state index contributed by atoms with van der Waals surface area (Å²) in [5.74, 6) is -3.20. The largest absolute Gasteiger partial charge is 0.465 e. The van der Waals surface area contributed by atoms with Crippen molar-refractivity contribution in [3.05, 3.63) is 0 Å². The Labute approximate surface area is 294 Å². The van der Waals surface area contributed by atoms with Crippen molar-refractivity contribution in [3.8, 4) is 0 Å². The van der Waals surface area contributed by atoms with E-state index in [2.05, 4.69) is 63.1 Å². The van der Waals surface area contributed by atoms with Crippen LogP contribution in [0.3, 0.4) is 0 Å². The van der Waals surface area contributed by atoms with Crippen LogP contribution in [0.2, 0.25) is 0 Å². The van der Waals surface area contributed by atoms with Crippen LogP contribution < -0.4 is 0 Å². The number of carbonyl (C=O) groups is 5. The van der Waals surface area contributed by atoms with E-state index in [1.54, 1.807) is 34.6 Å². The van der Waals surface area contributed by atoms with E-state index in [-0.39, 0.29) is 105 Å². The van der Waals surface area contributed by atoms with Gasteiger partial charge in [-0.05, 0) is 0 Å². The molecule has 45 heavy (non-hydrogen) atoms. The first kappa shape index (κ1) is 44.1. The van der Waals surface area contributed by atoms with Crippen molar-refractivity contribution in [3.63, 3.8) is 0 Å². The summed E-state index contributed by atoms with van der Waals surface area (Å²) in [5.41, 5.74) is -1.30. The fourth-order valence-corrected chi connectivity index (χ4v) is 4.20. The lowest BCUT2D eigenvalue weighted by molar-refractivity contribution is -0.168. The van der Waals surface area contributed by atoms with Crippen molar-refractivity contribution in [2.24, 2.45) is 11.3 Å². The second-order valence-electron chi connectivity index (χ2n) is 11.5. The van der Waals surface area contributed by atoms with E-state index >= 15 is 0 Å². The van der Waals surface area contributed by atoms with E-state index < -0.39 is 41.2 Å². The Morgan fingerprint density at radius 2 is 0.711 bits per heavy atom. The van der Waals surface area contributed by atoms with E-state index in [1.165, 1.54) is 0 Å². The number of esters is 5. The molecule has 0 aliphatic carbocycles. The Morgan fingerprint density at radius 1 is 0.444 bits per heavy atom. The van der Waals surface area contributed by atoms with Crippen molar-refractivity contribution in [1.82, 2.24) is 0 Å². The molecule has 0 spiro atoms. The summed E-state index contributed by atoms with van der Waals surface area (Å²) in [5, 5.41) is -1.23. The highest BCUT2D eigenvalue weighted by Crippen LogP contribution is 2.23. The molecule has 0 amide bonds. The number of carbonyl (C=O) groups excluding carboxylic acids is 5. The Morgan fingerprint density at radius 3 is 0.978 bits per heavy atom. The van der Waals surface area contributed by atoms with Gasteiger partial charge in [-0.1, -0.05) is 34.6 Å². The lowest BCUT2D eigenvalue weighted by Crippen LogP contribution is -2.44. The van der Waals surface area contributed by atoms with E-state index in [1.807, 2.05) is 0 Å². The van der Waals surface area contributed by atoms with Crippen LogP contribution >= 0.6 is 63.1 Å². The third-order valence-electron chi connectivity index (χ3n) is 5.65. The topological polar surface area (TPSA) is 141 Å². The summed E-state index contributed by atoms with van der Waals surface area (Å²) in [6, 6.07) is 0. The lowest BCUT2D eigenvalue weighted by Gasteiger charge is -2.32. The molecule has 0 aromatic heterocycles. The van der Waals surface area contributed by atoms with Crippen molar-refractivity contribution in [2.45, 2.75) is 93.0 Å². The van der Waals surface area contributed by atoms with Gasteiger partial charge >= 0.3 is 29.8 Å². The first-order valence-corrected chi connectivity index (χ1v) is 17.3. The van der Waals surface area contributed by atoms with Crippen LogP contribution in [-0.2, 0) is 52.4 Å². The summed E-state index contributed by atoms with van der Waals surface area (Å²) in [4.78, 5) is 61.7. The zero-order chi connectivity index (χ0) is 34.6. The molecule has 0 N–H and O–H groups in total. The van der Waals surface area contributed by atoms with Gasteiger partial charge in [-0.2, -0.15) is 63.1 Å². The third-order valence-corrected chi connectivity index (χ3v) is 6.56.